The number of aromatic nitrogens is 5. The minimum absolute atomic E-state index is 0.0864. The van der Waals surface area contributed by atoms with Crippen molar-refractivity contribution in [1.82, 2.24) is 29.8 Å². The molecule has 6 nitrogen and oxygen atoms in total. The van der Waals surface area contributed by atoms with E-state index in [1.54, 1.807) is 0 Å². The highest BCUT2D eigenvalue weighted by atomic mass is 15.1. The zero-order valence-corrected chi connectivity index (χ0v) is 28.6. The topological polar surface area (TPSA) is 68.5 Å². The first-order valence-electron chi connectivity index (χ1n) is 17.8. The largest absolute Gasteiger partial charge is 0.378 e. The van der Waals surface area contributed by atoms with Crippen molar-refractivity contribution in [1.29, 1.82) is 0 Å². The molecule has 6 aromatic carbocycles. The predicted octanol–water partition coefficient (Wildman–Crippen LogP) is 10.9. The molecule has 0 radical (unpaired) electrons. The van der Waals surface area contributed by atoms with Gasteiger partial charge in [-0.05, 0) is 53.7 Å². The lowest BCUT2D eigenvalue weighted by Gasteiger charge is -2.18. The lowest BCUT2D eigenvalue weighted by molar-refractivity contribution is 0.682. The van der Waals surface area contributed by atoms with Crippen molar-refractivity contribution in [3.63, 3.8) is 0 Å². The average Bonchev–Trinajstić information content (AvgIpc) is 3.66. The molecule has 1 N–H and O–H groups in total. The van der Waals surface area contributed by atoms with E-state index in [1.807, 2.05) is 60.9 Å². The molecule has 0 spiro atoms. The number of rotatable bonds is 6. The molecule has 4 heterocycles. The monoisotopic (exact) mass is 680 g/mol. The Labute approximate surface area is 306 Å². The molecular weight excluding hydrogens is 649 g/mol. The second-order valence-corrected chi connectivity index (χ2v) is 13.2. The van der Waals surface area contributed by atoms with Gasteiger partial charge in [-0.1, -0.05) is 133 Å². The fourth-order valence-corrected chi connectivity index (χ4v) is 7.36. The van der Waals surface area contributed by atoms with Crippen LogP contribution in [0.3, 0.4) is 0 Å². The predicted molar refractivity (Wildman–Crippen MR) is 215 cm³/mol. The molecule has 10 rings (SSSR count). The summed E-state index contributed by atoms with van der Waals surface area (Å²) in [6.07, 6.45) is 10.1. The molecule has 1 atom stereocenters. The molecule has 0 saturated carbocycles. The molecule has 53 heavy (non-hydrogen) atoms. The Balaban J connectivity index is 1.05. The van der Waals surface area contributed by atoms with E-state index in [1.165, 1.54) is 0 Å². The Morgan fingerprint density at radius 3 is 1.75 bits per heavy atom. The van der Waals surface area contributed by atoms with Crippen LogP contribution in [0.2, 0.25) is 0 Å². The van der Waals surface area contributed by atoms with Crippen molar-refractivity contribution >= 4 is 32.7 Å². The van der Waals surface area contributed by atoms with Gasteiger partial charge in [0.15, 0.2) is 5.82 Å². The van der Waals surface area contributed by atoms with Gasteiger partial charge in [0.05, 0.1) is 27.9 Å². The van der Waals surface area contributed by atoms with Crippen LogP contribution >= 0.6 is 0 Å². The number of benzene rings is 6. The van der Waals surface area contributed by atoms with Crippen molar-refractivity contribution in [3.05, 3.63) is 188 Å². The summed E-state index contributed by atoms with van der Waals surface area (Å²) in [7, 11) is 0. The maximum absolute atomic E-state index is 5.34. The molecular formula is C47H32N6. The fourth-order valence-electron chi connectivity index (χ4n) is 7.36. The molecule has 0 fully saturated rings. The third-order valence-corrected chi connectivity index (χ3v) is 9.94. The Kier molecular flexibility index (Phi) is 7.43. The molecule has 0 amide bonds. The quantitative estimate of drug-likeness (QED) is 0.177. The van der Waals surface area contributed by atoms with Crippen molar-refractivity contribution < 1.29 is 0 Å². The first kappa shape index (κ1) is 30.6. The molecule has 3 aromatic heterocycles. The Morgan fingerprint density at radius 2 is 1.08 bits per heavy atom. The van der Waals surface area contributed by atoms with Gasteiger partial charge in [0.2, 0.25) is 0 Å². The van der Waals surface area contributed by atoms with Crippen LogP contribution < -0.4 is 5.32 Å². The average molecular weight is 681 g/mol. The summed E-state index contributed by atoms with van der Waals surface area (Å²) >= 11 is 0. The lowest BCUT2D eigenvalue weighted by Crippen LogP contribution is -2.19. The molecule has 0 saturated heterocycles. The third kappa shape index (κ3) is 5.45. The normalized spacial score (nSPS) is 13.8. The second-order valence-electron chi connectivity index (χ2n) is 13.2. The van der Waals surface area contributed by atoms with E-state index >= 15 is 0 Å². The van der Waals surface area contributed by atoms with Gasteiger partial charge >= 0.3 is 0 Å². The summed E-state index contributed by atoms with van der Waals surface area (Å²) in [5, 5.41) is 6.78. The highest BCUT2D eigenvalue weighted by Crippen LogP contribution is 2.38. The van der Waals surface area contributed by atoms with E-state index < -0.39 is 0 Å². The SMILES string of the molecule is C1=CNC(c2nc3c4ccccc4c4ncccc4c3n2-c2ccc(-c3ccc(-c4cc(-c5ccccc5)nc(-c5ccccc5)n4)cc3)cc2)C=C1. The second kappa shape index (κ2) is 12.9. The van der Waals surface area contributed by atoms with Crippen LogP contribution in [-0.4, -0.2) is 24.5 Å². The van der Waals surface area contributed by atoms with Crippen molar-refractivity contribution in [3.8, 4) is 50.7 Å². The number of hydrogen-bond acceptors (Lipinski definition) is 5. The van der Waals surface area contributed by atoms with Gasteiger partial charge < -0.3 is 5.32 Å². The number of fused-ring (bicyclic) bond motifs is 6. The minimum Gasteiger partial charge on any atom is -0.378 e. The van der Waals surface area contributed by atoms with E-state index in [9.17, 15) is 0 Å². The first-order valence-corrected chi connectivity index (χ1v) is 17.8. The molecule has 250 valence electrons. The standard InChI is InChI=1S/C47H32N6/c1-3-12-33(13-4-1)41-30-42(51-46(50-41)35-14-5-2-6-15-35)34-22-20-31(21-23-34)32-24-26-36(27-25-32)53-45-39-18-11-29-49-43(39)37-16-7-8-17-38(37)44(45)52-47(53)40-19-9-10-28-48-40/h1-30,40,48H. The maximum atomic E-state index is 5.34. The molecule has 6 heteroatoms. The fraction of sp³-hybridized carbons (Fsp3) is 0.0213. The molecule has 1 aliphatic rings. The third-order valence-electron chi connectivity index (χ3n) is 9.94. The zero-order valence-electron chi connectivity index (χ0n) is 28.6. The van der Waals surface area contributed by atoms with Crippen LogP contribution in [0, 0.1) is 0 Å². The molecule has 9 aromatic rings. The van der Waals surface area contributed by atoms with Crippen molar-refractivity contribution in [2.75, 3.05) is 0 Å². The molecule has 1 aliphatic heterocycles. The van der Waals surface area contributed by atoms with E-state index in [2.05, 4.69) is 131 Å². The van der Waals surface area contributed by atoms with Crippen LogP contribution in [0.15, 0.2) is 182 Å². The number of imidazole rings is 1. The van der Waals surface area contributed by atoms with Crippen LogP contribution in [0.4, 0.5) is 0 Å². The summed E-state index contributed by atoms with van der Waals surface area (Å²) in [6.45, 7) is 0. The van der Waals surface area contributed by atoms with Gasteiger partial charge in [-0.25, -0.2) is 15.0 Å². The van der Waals surface area contributed by atoms with E-state index in [-0.39, 0.29) is 6.04 Å². The smallest absolute Gasteiger partial charge is 0.160 e. The van der Waals surface area contributed by atoms with Crippen LogP contribution in [-0.2, 0) is 0 Å². The number of pyridine rings is 1. The van der Waals surface area contributed by atoms with Gasteiger partial charge in [-0.15, -0.1) is 0 Å². The molecule has 0 bridgehead atoms. The summed E-state index contributed by atoms with van der Waals surface area (Å²) in [5.74, 6) is 1.63. The summed E-state index contributed by atoms with van der Waals surface area (Å²) in [4.78, 5) is 20.2. The van der Waals surface area contributed by atoms with Gasteiger partial charge in [-0.3, -0.25) is 9.55 Å². The summed E-state index contributed by atoms with van der Waals surface area (Å²) in [5.41, 5.74) is 11.1. The van der Waals surface area contributed by atoms with Crippen LogP contribution in [0.25, 0.3) is 83.4 Å². The minimum atomic E-state index is -0.0864. The van der Waals surface area contributed by atoms with Gasteiger partial charge in [-0.2, -0.15) is 0 Å². The number of dihydropyridines is 1. The summed E-state index contributed by atoms with van der Waals surface area (Å²) in [6, 6.07) is 52.4. The Morgan fingerprint density at radius 1 is 0.491 bits per heavy atom. The summed E-state index contributed by atoms with van der Waals surface area (Å²) < 4.78 is 2.30. The lowest BCUT2D eigenvalue weighted by atomic mass is 10.0. The number of nitrogens with zero attached hydrogens (tertiary/aromatic N) is 5. The van der Waals surface area contributed by atoms with E-state index in [0.29, 0.717) is 5.82 Å². The van der Waals surface area contributed by atoms with Gasteiger partial charge in [0.25, 0.3) is 0 Å². The van der Waals surface area contributed by atoms with Crippen molar-refractivity contribution in [2.24, 2.45) is 0 Å². The van der Waals surface area contributed by atoms with Crippen LogP contribution in [0.5, 0.6) is 0 Å². The van der Waals surface area contributed by atoms with Crippen molar-refractivity contribution in [2.45, 2.75) is 6.04 Å². The Bertz CT molecular complexity index is 2780. The van der Waals surface area contributed by atoms with Crippen LogP contribution in [0.1, 0.15) is 11.9 Å². The van der Waals surface area contributed by atoms with Gasteiger partial charge in [0.1, 0.15) is 11.9 Å². The van der Waals surface area contributed by atoms with E-state index in [0.717, 1.165) is 83.4 Å². The highest BCUT2D eigenvalue weighted by Gasteiger charge is 2.23. The van der Waals surface area contributed by atoms with Gasteiger partial charge in [0, 0.05) is 44.7 Å². The number of allylic oxidation sites excluding steroid dienone is 2. The Hall–Kier alpha value is -7.18. The maximum Gasteiger partial charge on any atom is 0.160 e. The van der Waals surface area contributed by atoms with E-state index in [4.69, 9.17) is 19.9 Å². The zero-order chi connectivity index (χ0) is 35.1. The highest BCUT2D eigenvalue weighted by molar-refractivity contribution is 6.22. The number of nitrogens with one attached hydrogen (secondary N) is 1. The molecule has 0 aliphatic carbocycles. The number of hydrogen-bond donors (Lipinski definition) is 1. The molecule has 1 unspecified atom stereocenters. The first-order chi connectivity index (χ1) is 26.3.